The summed E-state index contributed by atoms with van der Waals surface area (Å²) in [5.74, 6) is 1.20. The third kappa shape index (κ3) is 12.6. The average molecular weight is 905 g/mol. The maximum atomic E-state index is 3.65. The zero-order valence-corrected chi connectivity index (χ0v) is 43.1. The van der Waals surface area contributed by atoms with Gasteiger partial charge in [0.15, 0.2) is 0 Å². The summed E-state index contributed by atoms with van der Waals surface area (Å²) in [6.45, 7) is 35.7. The van der Waals surface area contributed by atoms with Gasteiger partial charge in [-0.1, -0.05) is 139 Å². The van der Waals surface area contributed by atoms with Gasteiger partial charge in [0.25, 0.3) is 0 Å². The maximum absolute atomic E-state index is 3.65. The van der Waals surface area contributed by atoms with Crippen LogP contribution in [0, 0.1) is 36.1 Å². The first-order chi connectivity index (χ1) is 26.5. The van der Waals surface area contributed by atoms with Crippen LogP contribution in [0.1, 0.15) is 155 Å². The van der Waals surface area contributed by atoms with Crippen LogP contribution in [0.4, 0.5) is 0 Å². The Hall–Kier alpha value is -2.83. The van der Waals surface area contributed by atoms with Crippen LogP contribution in [0.15, 0.2) is 96.1 Å². The SMILES string of the molecule is CC(C)(C)c1cc[c-]cc1.CC(C)(C)c1cc[c-]cc1.CC1=[C-]C(C)(C)c2cc3c(cc21)-c1cc2c(cc1C3)C(C)(C)C=C2C.CC1=[C-]C(C)C=C1C(C)C.Cl.Cl.[CH2]=[Zr]. The summed E-state index contributed by atoms with van der Waals surface area (Å²) < 4.78 is 3.34. The van der Waals surface area contributed by atoms with Crippen molar-refractivity contribution in [1.82, 2.24) is 0 Å². The molecule has 0 radical (unpaired) electrons. The van der Waals surface area contributed by atoms with E-state index in [1.54, 1.807) is 0 Å². The van der Waals surface area contributed by atoms with E-state index in [9.17, 15) is 0 Å². The molecule has 4 aliphatic carbocycles. The van der Waals surface area contributed by atoms with Crippen LogP contribution in [-0.2, 0) is 52.3 Å². The molecule has 8 rings (SSSR count). The summed E-state index contributed by atoms with van der Waals surface area (Å²) in [6.07, 6.45) is 12.8. The summed E-state index contributed by atoms with van der Waals surface area (Å²) in [6, 6.07) is 32.1. The molecule has 1 unspecified atom stereocenters. The molecule has 0 spiro atoms. The van der Waals surface area contributed by atoms with Crippen LogP contribution < -0.4 is 0 Å². The number of rotatable bonds is 1. The predicted octanol–water partition coefficient (Wildman–Crippen LogP) is 15.8. The van der Waals surface area contributed by atoms with Crippen molar-refractivity contribution in [2.45, 2.75) is 139 Å². The van der Waals surface area contributed by atoms with Crippen LogP contribution in [-0.4, -0.2) is 4.21 Å². The number of benzene rings is 4. The van der Waals surface area contributed by atoms with Crippen molar-refractivity contribution in [3.8, 4) is 11.1 Å². The molecule has 0 saturated carbocycles. The summed E-state index contributed by atoms with van der Waals surface area (Å²) in [5.41, 5.74) is 20.7. The van der Waals surface area contributed by atoms with Gasteiger partial charge in [-0.2, -0.15) is 89.0 Å². The molecule has 0 heterocycles. The first-order valence-electron chi connectivity index (χ1n) is 20.8. The van der Waals surface area contributed by atoms with Gasteiger partial charge in [-0.25, -0.2) is 11.1 Å². The van der Waals surface area contributed by atoms with Gasteiger partial charge in [-0.05, 0) is 69.2 Å². The Bertz CT molecular complexity index is 2030. The molecule has 0 bridgehead atoms. The van der Waals surface area contributed by atoms with Crippen LogP contribution in [0.3, 0.4) is 0 Å². The van der Waals surface area contributed by atoms with Crippen molar-refractivity contribution < 1.29 is 24.2 Å². The van der Waals surface area contributed by atoms with E-state index in [1.165, 1.54) is 102 Å². The molecule has 4 aliphatic rings. The number of halogens is 2. The van der Waals surface area contributed by atoms with E-state index >= 15 is 0 Å². The molecule has 3 heteroatoms. The second-order valence-corrected chi connectivity index (χ2v) is 19.6. The Labute approximate surface area is 388 Å². The van der Waals surface area contributed by atoms with E-state index in [0.29, 0.717) is 11.8 Å². The molecule has 0 N–H and O–H groups in total. The quantitative estimate of drug-likeness (QED) is 0.147. The molecule has 59 heavy (non-hydrogen) atoms. The second-order valence-electron chi connectivity index (χ2n) is 19.6. The van der Waals surface area contributed by atoms with Gasteiger partial charge < -0.3 is 0 Å². The van der Waals surface area contributed by atoms with Crippen LogP contribution >= 0.6 is 24.8 Å². The van der Waals surface area contributed by atoms with Crippen molar-refractivity contribution in [2.75, 3.05) is 0 Å². The van der Waals surface area contributed by atoms with Gasteiger partial charge in [0.1, 0.15) is 0 Å². The predicted molar refractivity (Wildman–Crippen MR) is 261 cm³/mol. The normalized spacial score (nSPS) is 16.9. The number of hydrogen-bond acceptors (Lipinski definition) is 0. The Morgan fingerprint density at radius 3 is 1.47 bits per heavy atom. The summed E-state index contributed by atoms with van der Waals surface area (Å²) in [7, 11) is 0. The van der Waals surface area contributed by atoms with Gasteiger partial charge in [-0.3, -0.25) is 12.2 Å². The van der Waals surface area contributed by atoms with Crippen molar-refractivity contribution in [1.29, 1.82) is 0 Å². The van der Waals surface area contributed by atoms with Crippen LogP contribution in [0.25, 0.3) is 22.3 Å². The molecule has 0 nitrogen and oxygen atoms in total. The molecular weight excluding hydrogens is 835 g/mol. The number of allylic oxidation sites excluding steroid dienone is 8. The van der Waals surface area contributed by atoms with Gasteiger partial charge in [0, 0.05) is 5.41 Å². The fourth-order valence-corrected chi connectivity index (χ4v) is 8.54. The zero-order valence-electron chi connectivity index (χ0n) is 39.0. The third-order valence-electron chi connectivity index (χ3n) is 11.5. The standard InChI is InChI=1S/C25H25.C10H15.2C10H13.CH2.2ClH.Zr/c1-14-12-24(3,4)22-8-16-7-17-9-23-19(15(2)13-25(23,5)6)11-21(17)20(16)10-18(14)22;1-7(2)10-6-8(3)5-9(10)4;2*1-10(2,3)9-7-5-4-6-8-9;;;;/h8-12H,7H2,1-6H3;6-8H,1-4H3;2*5-8H,1-3H3;1H2;2*1H;/q4*-1;;;;. The van der Waals surface area contributed by atoms with Gasteiger partial charge in [0.2, 0.25) is 0 Å². The van der Waals surface area contributed by atoms with Crippen LogP contribution in [0.5, 0.6) is 0 Å². The molecule has 4 aromatic rings. The third-order valence-corrected chi connectivity index (χ3v) is 11.5. The molecule has 0 fully saturated rings. The minimum absolute atomic E-state index is 0. The van der Waals surface area contributed by atoms with E-state index in [2.05, 4.69) is 200 Å². The molecule has 0 amide bonds. The van der Waals surface area contributed by atoms with E-state index in [1.807, 2.05) is 24.3 Å². The fourth-order valence-electron chi connectivity index (χ4n) is 8.54. The average Bonchev–Trinajstić information content (AvgIpc) is 3.82. The molecule has 4 aromatic carbocycles. The van der Waals surface area contributed by atoms with Gasteiger partial charge in [0.05, 0.1) is 0 Å². The molecule has 316 valence electrons. The van der Waals surface area contributed by atoms with E-state index in [4.69, 9.17) is 0 Å². The van der Waals surface area contributed by atoms with Crippen molar-refractivity contribution in [2.24, 2.45) is 11.8 Å². The zero-order chi connectivity index (χ0) is 42.7. The fraction of sp³-hybridized carbons (Fsp3) is 0.411. The number of fused-ring (bicyclic) bond motifs is 5. The molecule has 1 atom stereocenters. The van der Waals surface area contributed by atoms with Crippen LogP contribution in [0.2, 0.25) is 0 Å². The molecular formula is C56H70Cl2Zr-4. The summed E-state index contributed by atoms with van der Waals surface area (Å²) in [5, 5.41) is 0. The topological polar surface area (TPSA) is 0 Å². The Kier molecular flexibility index (Phi) is 18.5. The minimum atomic E-state index is 0. The van der Waals surface area contributed by atoms with E-state index in [0.717, 1.165) is 6.42 Å². The summed E-state index contributed by atoms with van der Waals surface area (Å²) >= 11 is 1.30. The Morgan fingerprint density at radius 1 is 0.661 bits per heavy atom. The second kappa shape index (κ2) is 20.8. The Balaban J connectivity index is 0.000000297. The van der Waals surface area contributed by atoms with Gasteiger partial charge >= 0.3 is 28.4 Å². The summed E-state index contributed by atoms with van der Waals surface area (Å²) in [4.78, 5) is 0. The monoisotopic (exact) mass is 902 g/mol. The molecule has 0 saturated heterocycles. The Morgan fingerprint density at radius 2 is 1.10 bits per heavy atom. The van der Waals surface area contributed by atoms with E-state index in [-0.39, 0.29) is 46.5 Å². The molecule has 0 aliphatic heterocycles. The van der Waals surface area contributed by atoms with Gasteiger partial charge in [-0.15, -0.1) is 36.4 Å². The van der Waals surface area contributed by atoms with Crippen molar-refractivity contribution >= 4 is 40.2 Å². The first-order valence-corrected chi connectivity index (χ1v) is 22.5. The van der Waals surface area contributed by atoms with Crippen molar-refractivity contribution in [3.63, 3.8) is 0 Å². The van der Waals surface area contributed by atoms with E-state index < -0.39 is 0 Å². The molecule has 0 aromatic heterocycles. The number of hydrogen-bond donors (Lipinski definition) is 0. The first kappa shape index (κ1) is 52.3. The van der Waals surface area contributed by atoms with Crippen molar-refractivity contribution in [3.05, 3.63) is 165 Å².